The number of aromatic nitrogens is 2. The Morgan fingerprint density at radius 1 is 1.44 bits per heavy atom. The van der Waals surface area contributed by atoms with Crippen molar-refractivity contribution in [1.82, 2.24) is 15.5 Å². The van der Waals surface area contributed by atoms with Crippen molar-refractivity contribution in [2.45, 2.75) is 58.1 Å². The molecule has 1 aliphatic rings. The summed E-state index contributed by atoms with van der Waals surface area (Å²) in [6, 6.07) is 0. The first-order valence-corrected chi connectivity index (χ1v) is 6.78. The van der Waals surface area contributed by atoms with Crippen molar-refractivity contribution in [3.63, 3.8) is 0 Å². The normalized spacial score (nSPS) is 24.7. The average Bonchev–Trinajstić information content (AvgIpc) is 2.99. The Bertz CT molecular complexity index is 395. The van der Waals surface area contributed by atoms with E-state index in [1.54, 1.807) is 0 Å². The zero-order chi connectivity index (χ0) is 13.2. The van der Waals surface area contributed by atoms with Gasteiger partial charge >= 0.3 is 0 Å². The summed E-state index contributed by atoms with van der Waals surface area (Å²) < 4.78 is 11.1. The van der Waals surface area contributed by atoms with Crippen molar-refractivity contribution in [3.05, 3.63) is 11.7 Å². The van der Waals surface area contributed by atoms with Gasteiger partial charge in [0, 0.05) is 6.61 Å². The largest absolute Gasteiger partial charge is 0.368 e. The first-order chi connectivity index (χ1) is 8.54. The quantitative estimate of drug-likeness (QED) is 0.872. The van der Waals surface area contributed by atoms with E-state index in [-0.39, 0.29) is 5.54 Å². The Morgan fingerprint density at radius 2 is 2.22 bits per heavy atom. The molecule has 0 saturated carbocycles. The molecule has 0 radical (unpaired) electrons. The summed E-state index contributed by atoms with van der Waals surface area (Å²) in [5.74, 6) is 1.33. The molecular formula is C13H23N3O2. The van der Waals surface area contributed by atoms with Gasteiger partial charge in [-0.25, -0.2) is 0 Å². The zero-order valence-corrected chi connectivity index (χ0v) is 11.7. The predicted molar refractivity (Wildman–Crippen MR) is 68.2 cm³/mol. The number of hydrogen-bond donors (Lipinski definition) is 1. The van der Waals surface area contributed by atoms with E-state index in [1.807, 2.05) is 20.8 Å². The Morgan fingerprint density at radius 3 is 2.78 bits per heavy atom. The van der Waals surface area contributed by atoms with Gasteiger partial charge in [-0.2, -0.15) is 4.98 Å². The summed E-state index contributed by atoms with van der Waals surface area (Å²) in [5.41, 5.74) is -0.627. The molecule has 1 atom stereocenters. The van der Waals surface area contributed by atoms with Gasteiger partial charge in [-0.3, -0.25) is 0 Å². The maximum Gasteiger partial charge on any atom is 0.247 e. The maximum absolute atomic E-state index is 5.65. The molecule has 0 spiro atoms. The van der Waals surface area contributed by atoms with Crippen LogP contribution in [0.15, 0.2) is 4.52 Å². The summed E-state index contributed by atoms with van der Waals surface area (Å²) in [7, 11) is 0. The minimum atomic E-state index is -0.496. The Kier molecular flexibility index (Phi) is 3.73. The number of rotatable bonds is 5. The van der Waals surface area contributed by atoms with Crippen LogP contribution in [0.4, 0.5) is 0 Å². The Hall–Kier alpha value is -0.940. The van der Waals surface area contributed by atoms with Crippen molar-refractivity contribution in [3.8, 4) is 0 Å². The summed E-state index contributed by atoms with van der Waals surface area (Å²) in [6.45, 7) is 9.69. The van der Waals surface area contributed by atoms with E-state index >= 15 is 0 Å². The Balaban J connectivity index is 2.24. The van der Waals surface area contributed by atoms with Crippen LogP contribution in [0.25, 0.3) is 0 Å². The molecule has 1 N–H and O–H groups in total. The highest BCUT2D eigenvalue weighted by Gasteiger charge is 2.40. The fourth-order valence-corrected chi connectivity index (χ4v) is 2.53. The lowest BCUT2D eigenvalue weighted by molar-refractivity contribution is -0.0221. The number of ether oxygens (including phenoxy) is 1. The highest BCUT2D eigenvalue weighted by atomic mass is 16.5. The van der Waals surface area contributed by atoms with E-state index in [0.29, 0.717) is 18.3 Å². The molecule has 1 aliphatic heterocycles. The van der Waals surface area contributed by atoms with Crippen molar-refractivity contribution in [2.24, 2.45) is 0 Å². The van der Waals surface area contributed by atoms with Crippen LogP contribution in [0, 0.1) is 0 Å². The topological polar surface area (TPSA) is 60.2 Å². The second-order valence-corrected chi connectivity index (χ2v) is 5.33. The number of nitrogens with zero attached hydrogens (tertiary/aromatic N) is 2. The smallest absolute Gasteiger partial charge is 0.247 e. The lowest BCUT2D eigenvalue weighted by Gasteiger charge is -2.23. The zero-order valence-electron chi connectivity index (χ0n) is 11.7. The van der Waals surface area contributed by atoms with Crippen LogP contribution < -0.4 is 5.32 Å². The van der Waals surface area contributed by atoms with Crippen molar-refractivity contribution in [2.75, 3.05) is 13.2 Å². The van der Waals surface area contributed by atoms with Crippen LogP contribution in [-0.4, -0.2) is 23.3 Å². The van der Waals surface area contributed by atoms with Gasteiger partial charge < -0.3 is 14.6 Å². The SMILES string of the molecule is CCOC(C)(C)c1noc(C2(CC)CCCN2)n1. The van der Waals surface area contributed by atoms with Gasteiger partial charge in [0.1, 0.15) is 5.60 Å². The Labute approximate surface area is 108 Å². The predicted octanol–water partition coefficient (Wildman–Crippen LogP) is 2.33. The van der Waals surface area contributed by atoms with Crippen LogP contribution in [0.1, 0.15) is 58.7 Å². The number of nitrogens with one attached hydrogen (secondary N) is 1. The fourth-order valence-electron chi connectivity index (χ4n) is 2.53. The average molecular weight is 253 g/mol. The molecule has 102 valence electrons. The maximum atomic E-state index is 5.65. The first kappa shape index (κ1) is 13.5. The van der Waals surface area contributed by atoms with Gasteiger partial charge in [0.15, 0.2) is 0 Å². The standard InChI is InChI=1S/C13H23N3O2/c1-5-13(8-7-9-14-13)11-15-10(16-18-11)12(3,4)17-6-2/h14H,5-9H2,1-4H3. The van der Waals surface area contributed by atoms with E-state index < -0.39 is 5.60 Å². The third-order valence-corrected chi connectivity index (χ3v) is 3.73. The van der Waals surface area contributed by atoms with Crippen LogP contribution >= 0.6 is 0 Å². The number of hydrogen-bond acceptors (Lipinski definition) is 5. The summed E-state index contributed by atoms with van der Waals surface area (Å²) in [6.07, 6.45) is 3.17. The minimum absolute atomic E-state index is 0.131. The fraction of sp³-hybridized carbons (Fsp3) is 0.846. The highest BCUT2D eigenvalue weighted by Crippen LogP contribution is 2.34. The first-order valence-electron chi connectivity index (χ1n) is 6.78. The van der Waals surface area contributed by atoms with Crippen molar-refractivity contribution >= 4 is 0 Å². The minimum Gasteiger partial charge on any atom is -0.368 e. The van der Waals surface area contributed by atoms with Gasteiger partial charge in [0.25, 0.3) is 0 Å². The van der Waals surface area contributed by atoms with E-state index in [9.17, 15) is 0 Å². The van der Waals surface area contributed by atoms with Crippen LogP contribution in [0.2, 0.25) is 0 Å². The highest BCUT2D eigenvalue weighted by molar-refractivity contribution is 5.08. The van der Waals surface area contributed by atoms with Gasteiger partial charge in [0.05, 0.1) is 5.54 Å². The summed E-state index contributed by atoms with van der Waals surface area (Å²) in [5, 5.41) is 7.59. The lowest BCUT2D eigenvalue weighted by Crippen LogP contribution is -2.36. The van der Waals surface area contributed by atoms with Gasteiger partial charge in [-0.05, 0) is 46.6 Å². The second kappa shape index (κ2) is 4.97. The van der Waals surface area contributed by atoms with E-state index in [4.69, 9.17) is 9.26 Å². The molecule has 0 amide bonds. The van der Waals surface area contributed by atoms with Gasteiger partial charge in [-0.15, -0.1) is 0 Å². The molecule has 18 heavy (non-hydrogen) atoms. The molecular weight excluding hydrogens is 230 g/mol. The molecule has 0 aromatic carbocycles. The van der Waals surface area contributed by atoms with Crippen LogP contribution in [-0.2, 0) is 15.9 Å². The molecule has 1 unspecified atom stereocenters. The molecule has 5 nitrogen and oxygen atoms in total. The van der Waals surface area contributed by atoms with Crippen molar-refractivity contribution in [1.29, 1.82) is 0 Å². The monoisotopic (exact) mass is 253 g/mol. The van der Waals surface area contributed by atoms with E-state index in [1.165, 1.54) is 0 Å². The van der Waals surface area contributed by atoms with E-state index in [2.05, 4.69) is 22.4 Å². The lowest BCUT2D eigenvalue weighted by atomic mass is 9.94. The molecule has 1 aromatic heterocycles. The molecule has 1 saturated heterocycles. The van der Waals surface area contributed by atoms with Crippen molar-refractivity contribution < 1.29 is 9.26 Å². The third kappa shape index (κ3) is 2.29. The second-order valence-electron chi connectivity index (χ2n) is 5.33. The third-order valence-electron chi connectivity index (χ3n) is 3.73. The van der Waals surface area contributed by atoms with Gasteiger partial charge in [0.2, 0.25) is 11.7 Å². The van der Waals surface area contributed by atoms with Crippen LogP contribution in [0.5, 0.6) is 0 Å². The van der Waals surface area contributed by atoms with Gasteiger partial charge in [-0.1, -0.05) is 12.1 Å². The summed E-state index contributed by atoms with van der Waals surface area (Å²) in [4.78, 5) is 4.56. The van der Waals surface area contributed by atoms with E-state index in [0.717, 1.165) is 25.8 Å². The molecule has 2 rings (SSSR count). The molecule has 2 heterocycles. The molecule has 0 aliphatic carbocycles. The molecule has 1 aromatic rings. The molecule has 0 bridgehead atoms. The molecule has 1 fully saturated rings. The summed E-state index contributed by atoms with van der Waals surface area (Å²) >= 11 is 0. The molecule has 5 heteroatoms. The van der Waals surface area contributed by atoms with Crippen LogP contribution in [0.3, 0.4) is 0 Å².